The summed E-state index contributed by atoms with van der Waals surface area (Å²) in [7, 11) is 0. The van der Waals surface area contributed by atoms with Crippen molar-refractivity contribution in [2.45, 2.75) is 37.8 Å². The van der Waals surface area contributed by atoms with Gasteiger partial charge in [-0.05, 0) is 31.1 Å². The van der Waals surface area contributed by atoms with Crippen LogP contribution in [0.1, 0.15) is 25.7 Å². The van der Waals surface area contributed by atoms with E-state index in [-0.39, 0.29) is 11.9 Å². The molecule has 0 radical (unpaired) electrons. The first-order valence-corrected chi connectivity index (χ1v) is 5.50. The molecule has 3 aliphatic rings. The van der Waals surface area contributed by atoms with Crippen LogP contribution >= 0.6 is 0 Å². The lowest BCUT2D eigenvalue weighted by molar-refractivity contribution is -0.125. The second-order valence-electron chi connectivity index (χ2n) is 4.78. The normalized spacial score (nSPS) is 45.9. The summed E-state index contributed by atoms with van der Waals surface area (Å²) in [5, 5.41) is 3.42. The van der Waals surface area contributed by atoms with Crippen LogP contribution in [0.15, 0.2) is 0 Å². The molecule has 1 saturated heterocycles. The smallest absolute Gasteiger partial charge is 0.263 e. The Balaban J connectivity index is 1.60. The van der Waals surface area contributed by atoms with Crippen LogP contribution in [0.2, 0.25) is 0 Å². The zero-order valence-corrected chi connectivity index (χ0v) is 8.16. The lowest BCUT2D eigenvalue weighted by Crippen LogP contribution is -2.46. The fourth-order valence-electron chi connectivity index (χ4n) is 3.17. The summed E-state index contributed by atoms with van der Waals surface area (Å²) in [6.07, 6.45) is 5.37. The number of hydrogen-bond acceptors (Lipinski definition) is 3. The number of fused-ring (bicyclic) bond motifs is 2. The molecule has 0 aromatic rings. The van der Waals surface area contributed by atoms with E-state index in [1.807, 2.05) is 0 Å². The molecule has 1 amide bonds. The number of carbonyl (C=O) groups excluding carboxylic acids is 1. The van der Waals surface area contributed by atoms with Crippen molar-refractivity contribution in [3.63, 3.8) is 0 Å². The predicted octanol–water partition coefficient (Wildman–Crippen LogP) is 0.195. The summed E-state index contributed by atoms with van der Waals surface area (Å²) in [5.41, 5.74) is 2.39. The molecule has 0 aromatic carbocycles. The van der Waals surface area contributed by atoms with Crippen LogP contribution < -0.4 is 10.8 Å². The van der Waals surface area contributed by atoms with Crippen molar-refractivity contribution >= 4 is 5.91 Å². The van der Waals surface area contributed by atoms with E-state index >= 15 is 0 Å². The van der Waals surface area contributed by atoms with E-state index in [1.165, 1.54) is 25.7 Å². The third kappa shape index (κ3) is 1.33. The lowest BCUT2D eigenvalue weighted by atomic mass is 9.95. The summed E-state index contributed by atoms with van der Waals surface area (Å²) in [6, 6.07) is 0.450. The molecule has 0 spiro atoms. The van der Waals surface area contributed by atoms with Gasteiger partial charge < -0.3 is 5.32 Å². The molecule has 3 fully saturated rings. The summed E-state index contributed by atoms with van der Waals surface area (Å²) in [6.45, 7) is 0.479. The largest absolute Gasteiger partial charge is 0.301 e. The molecule has 4 atom stereocenters. The van der Waals surface area contributed by atoms with Crippen LogP contribution in [0.3, 0.4) is 0 Å². The highest BCUT2D eigenvalue weighted by atomic mass is 16.7. The standard InChI is InChI=1S/C10H16N2O2/c13-10-9(5-14-12-10)11-8-4-6-1-2-7(8)3-6/h6-9,11H,1-5H2,(H,12,13). The average molecular weight is 196 g/mol. The summed E-state index contributed by atoms with van der Waals surface area (Å²) < 4.78 is 0. The summed E-state index contributed by atoms with van der Waals surface area (Å²) in [4.78, 5) is 16.2. The topological polar surface area (TPSA) is 50.4 Å². The Bertz CT molecular complexity index is 257. The van der Waals surface area contributed by atoms with Gasteiger partial charge in [0.1, 0.15) is 6.04 Å². The monoisotopic (exact) mass is 196 g/mol. The average Bonchev–Trinajstić information content (AvgIpc) is 2.83. The highest BCUT2D eigenvalue weighted by Gasteiger charge is 2.41. The first kappa shape index (κ1) is 8.68. The molecule has 2 bridgehead atoms. The highest BCUT2D eigenvalue weighted by Crippen LogP contribution is 2.44. The number of rotatable bonds is 2. The van der Waals surface area contributed by atoms with Crippen LogP contribution in [-0.4, -0.2) is 24.6 Å². The van der Waals surface area contributed by atoms with Crippen LogP contribution in [0, 0.1) is 11.8 Å². The van der Waals surface area contributed by atoms with Gasteiger partial charge in [-0.1, -0.05) is 6.42 Å². The van der Waals surface area contributed by atoms with Gasteiger partial charge in [-0.15, -0.1) is 0 Å². The third-order valence-electron chi connectivity index (χ3n) is 3.89. The van der Waals surface area contributed by atoms with Gasteiger partial charge in [0.05, 0.1) is 6.61 Å². The van der Waals surface area contributed by atoms with E-state index in [9.17, 15) is 4.79 Å². The molecular weight excluding hydrogens is 180 g/mol. The van der Waals surface area contributed by atoms with E-state index in [0.29, 0.717) is 12.6 Å². The minimum atomic E-state index is -0.112. The predicted molar refractivity (Wildman–Crippen MR) is 50.3 cm³/mol. The van der Waals surface area contributed by atoms with Gasteiger partial charge in [-0.25, -0.2) is 5.48 Å². The van der Waals surface area contributed by atoms with Crippen molar-refractivity contribution in [3.8, 4) is 0 Å². The highest BCUT2D eigenvalue weighted by molar-refractivity contribution is 5.82. The molecule has 14 heavy (non-hydrogen) atoms. The minimum Gasteiger partial charge on any atom is -0.301 e. The maximum Gasteiger partial charge on any atom is 0.263 e. The first-order chi connectivity index (χ1) is 6.83. The summed E-state index contributed by atoms with van der Waals surface area (Å²) >= 11 is 0. The van der Waals surface area contributed by atoms with E-state index in [4.69, 9.17) is 4.84 Å². The number of amides is 1. The van der Waals surface area contributed by atoms with Crippen LogP contribution in [-0.2, 0) is 9.63 Å². The Labute approximate surface area is 83.3 Å². The zero-order valence-electron chi connectivity index (χ0n) is 8.16. The molecule has 2 N–H and O–H groups in total. The van der Waals surface area contributed by atoms with Crippen molar-refractivity contribution in [2.75, 3.05) is 6.61 Å². The Morgan fingerprint density at radius 3 is 2.86 bits per heavy atom. The number of nitrogens with one attached hydrogen (secondary N) is 2. The number of hydrogen-bond donors (Lipinski definition) is 2. The number of hydroxylamine groups is 1. The van der Waals surface area contributed by atoms with Crippen LogP contribution in [0.5, 0.6) is 0 Å². The second-order valence-corrected chi connectivity index (χ2v) is 4.78. The zero-order chi connectivity index (χ0) is 9.54. The SMILES string of the molecule is O=C1NOCC1NC1CC2CCC1C2. The third-order valence-corrected chi connectivity index (χ3v) is 3.89. The molecule has 4 unspecified atom stereocenters. The second kappa shape index (κ2) is 3.21. The fraction of sp³-hybridized carbons (Fsp3) is 0.900. The van der Waals surface area contributed by atoms with Gasteiger partial charge in [-0.2, -0.15) is 0 Å². The maximum absolute atomic E-state index is 11.3. The molecule has 1 heterocycles. The van der Waals surface area contributed by atoms with E-state index in [2.05, 4.69) is 10.8 Å². The van der Waals surface area contributed by atoms with Crippen molar-refractivity contribution in [1.29, 1.82) is 0 Å². The Kier molecular flexibility index (Phi) is 1.99. The van der Waals surface area contributed by atoms with Gasteiger partial charge in [0.15, 0.2) is 0 Å². The molecule has 1 aliphatic heterocycles. The Morgan fingerprint density at radius 1 is 1.36 bits per heavy atom. The Hall–Kier alpha value is -0.610. The molecule has 78 valence electrons. The van der Waals surface area contributed by atoms with Gasteiger partial charge >= 0.3 is 0 Å². The molecule has 2 saturated carbocycles. The van der Waals surface area contributed by atoms with E-state index < -0.39 is 0 Å². The van der Waals surface area contributed by atoms with Gasteiger partial charge in [0.25, 0.3) is 5.91 Å². The quantitative estimate of drug-likeness (QED) is 0.663. The molecule has 3 rings (SSSR count). The molecule has 4 heteroatoms. The van der Waals surface area contributed by atoms with Gasteiger partial charge in [0.2, 0.25) is 0 Å². The van der Waals surface area contributed by atoms with E-state index in [0.717, 1.165) is 11.8 Å². The fourth-order valence-corrected chi connectivity index (χ4v) is 3.17. The first-order valence-electron chi connectivity index (χ1n) is 5.50. The van der Waals surface area contributed by atoms with Crippen LogP contribution in [0.25, 0.3) is 0 Å². The van der Waals surface area contributed by atoms with Crippen molar-refractivity contribution < 1.29 is 9.63 Å². The summed E-state index contributed by atoms with van der Waals surface area (Å²) in [5.74, 6) is 1.73. The van der Waals surface area contributed by atoms with Gasteiger partial charge in [0, 0.05) is 6.04 Å². The minimum absolute atomic E-state index is 0.00669. The van der Waals surface area contributed by atoms with Crippen LogP contribution in [0.4, 0.5) is 0 Å². The van der Waals surface area contributed by atoms with Gasteiger partial charge in [-0.3, -0.25) is 9.63 Å². The molecular formula is C10H16N2O2. The molecule has 0 aromatic heterocycles. The number of carbonyl (C=O) groups is 1. The Morgan fingerprint density at radius 2 is 2.29 bits per heavy atom. The van der Waals surface area contributed by atoms with E-state index in [1.54, 1.807) is 0 Å². The van der Waals surface area contributed by atoms with Crippen molar-refractivity contribution in [3.05, 3.63) is 0 Å². The van der Waals surface area contributed by atoms with Crippen molar-refractivity contribution in [2.24, 2.45) is 11.8 Å². The van der Waals surface area contributed by atoms with Crippen molar-refractivity contribution in [1.82, 2.24) is 10.8 Å². The molecule has 4 nitrogen and oxygen atoms in total. The molecule has 2 aliphatic carbocycles. The maximum atomic E-state index is 11.3. The lowest BCUT2D eigenvalue weighted by Gasteiger charge is -2.24.